The third-order valence-electron chi connectivity index (χ3n) is 2.08. The van der Waals surface area contributed by atoms with Crippen LogP contribution in [0.3, 0.4) is 0 Å². The summed E-state index contributed by atoms with van der Waals surface area (Å²) in [6.45, 7) is 3.94. The zero-order chi connectivity index (χ0) is 9.84. The van der Waals surface area contributed by atoms with Crippen LogP contribution in [0.5, 0.6) is 0 Å². The van der Waals surface area contributed by atoms with Crippen LogP contribution in [0.25, 0.3) is 0 Å². The third kappa shape index (κ3) is 2.46. The Labute approximate surface area is 83.8 Å². The summed E-state index contributed by atoms with van der Waals surface area (Å²) < 4.78 is 0. The molecule has 1 rings (SSSR count). The monoisotopic (exact) mass is 192 g/mol. The Morgan fingerprint density at radius 1 is 1.62 bits per heavy atom. The molecule has 0 aromatic heterocycles. The Bertz CT molecular complexity index is 321. The van der Waals surface area contributed by atoms with Gasteiger partial charge in [-0.3, -0.25) is 4.79 Å². The molecule has 0 aromatic rings. The first-order valence-corrected chi connectivity index (χ1v) is 4.62. The maximum Gasteiger partial charge on any atom is 0.143 e. The van der Waals surface area contributed by atoms with Gasteiger partial charge in [-0.2, -0.15) is 0 Å². The Hall–Kier alpha value is -1.02. The van der Waals surface area contributed by atoms with Crippen molar-refractivity contribution in [2.75, 3.05) is 0 Å². The smallest absolute Gasteiger partial charge is 0.143 e. The van der Waals surface area contributed by atoms with E-state index in [1.165, 1.54) is 0 Å². The maximum absolute atomic E-state index is 10.3. The first kappa shape index (κ1) is 10.1. The van der Waals surface area contributed by atoms with Crippen molar-refractivity contribution >= 4 is 23.4 Å². The molecule has 1 atom stereocenters. The standard InChI is InChI=1S/C11H12OS/c1-8-3-4-11(9(2)13)7-10(8)5-6-12/h3-8H,1-2H3/b10-5+/t8-/m1/s1. The van der Waals surface area contributed by atoms with Crippen molar-refractivity contribution in [2.24, 2.45) is 5.92 Å². The topological polar surface area (TPSA) is 17.1 Å². The van der Waals surface area contributed by atoms with E-state index >= 15 is 0 Å². The van der Waals surface area contributed by atoms with Crippen LogP contribution in [-0.4, -0.2) is 11.2 Å². The van der Waals surface area contributed by atoms with Crippen LogP contribution in [0.4, 0.5) is 0 Å². The molecule has 0 saturated heterocycles. The van der Waals surface area contributed by atoms with E-state index < -0.39 is 0 Å². The molecule has 0 amide bonds. The van der Waals surface area contributed by atoms with Crippen molar-refractivity contribution in [3.63, 3.8) is 0 Å². The highest BCUT2D eigenvalue weighted by Gasteiger charge is 2.09. The molecule has 0 bridgehead atoms. The molecule has 0 unspecified atom stereocenters. The average molecular weight is 192 g/mol. The van der Waals surface area contributed by atoms with Gasteiger partial charge in [-0.05, 0) is 36.1 Å². The van der Waals surface area contributed by atoms with E-state index in [0.717, 1.165) is 22.3 Å². The van der Waals surface area contributed by atoms with E-state index in [-0.39, 0.29) is 0 Å². The zero-order valence-corrected chi connectivity index (χ0v) is 8.60. The van der Waals surface area contributed by atoms with Crippen molar-refractivity contribution in [3.05, 3.63) is 35.5 Å². The number of carbonyl (C=O) groups is 1. The summed E-state index contributed by atoms with van der Waals surface area (Å²) in [5, 5.41) is 0. The summed E-state index contributed by atoms with van der Waals surface area (Å²) in [6, 6.07) is 0. The van der Waals surface area contributed by atoms with Crippen LogP contribution >= 0.6 is 12.2 Å². The van der Waals surface area contributed by atoms with Crippen LogP contribution in [0.2, 0.25) is 0 Å². The highest BCUT2D eigenvalue weighted by molar-refractivity contribution is 7.80. The number of carbonyl (C=O) groups excluding carboxylic acids is 1. The van der Waals surface area contributed by atoms with E-state index in [2.05, 4.69) is 13.0 Å². The molecular weight excluding hydrogens is 180 g/mol. The van der Waals surface area contributed by atoms with E-state index in [0.29, 0.717) is 5.92 Å². The molecule has 13 heavy (non-hydrogen) atoms. The predicted octanol–water partition coefficient (Wildman–Crippen LogP) is 2.63. The Morgan fingerprint density at radius 2 is 2.31 bits per heavy atom. The molecule has 0 heterocycles. The zero-order valence-electron chi connectivity index (χ0n) is 7.78. The molecule has 68 valence electrons. The molecule has 0 spiro atoms. The van der Waals surface area contributed by atoms with Crippen molar-refractivity contribution < 1.29 is 4.79 Å². The lowest BCUT2D eigenvalue weighted by Gasteiger charge is -2.14. The molecule has 0 radical (unpaired) electrons. The van der Waals surface area contributed by atoms with Crippen molar-refractivity contribution in [3.8, 4) is 0 Å². The van der Waals surface area contributed by atoms with Gasteiger partial charge in [0.05, 0.1) is 0 Å². The number of rotatable bonds is 2. The Kier molecular flexibility index (Phi) is 3.32. The second-order valence-corrected chi connectivity index (χ2v) is 3.72. The number of hydrogen-bond donors (Lipinski definition) is 0. The lowest BCUT2D eigenvalue weighted by Crippen LogP contribution is -2.03. The molecule has 2 heteroatoms. The summed E-state index contributed by atoms with van der Waals surface area (Å²) in [7, 11) is 0. The number of thiocarbonyl (C=S) groups is 1. The van der Waals surface area contributed by atoms with Gasteiger partial charge < -0.3 is 0 Å². The van der Waals surface area contributed by atoms with Crippen LogP contribution in [0.1, 0.15) is 13.8 Å². The first-order chi connectivity index (χ1) is 6.15. The fraction of sp³-hybridized carbons (Fsp3) is 0.273. The molecule has 0 fully saturated rings. The van der Waals surface area contributed by atoms with Gasteiger partial charge in [-0.25, -0.2) is 0 Å². The molecule has 0 aromatic carbocycles. The maximum atomic E-state index is 10.3. The van der Waals surface area contributed by atoms with Crippen LogP contribution in [0, 0.1) is 5.92 Å². The number of hydrogen-bond acceptors (Lipinski definition) is 2. The molecule has 0 N–H and O–H groups in total. The van der Waals surface area contributed by atoms with Crippen molar-refractivity contribution in [2.45, 2.75) is 13.8 Å². The van der Waals surface area contributed by atoms with Crippen LogP contribution < -0.4 is 0 Å². The van der Waals surface area contributed by atoms with Gasteiger partial charge in [0, 0.05) is 4.86 Å². The van der Waals surface area contributed by atoms with Crippen LogP contribution in [0.15, 0.2) is 35.5 Å². The largest absolute Gasteiger partial charge is 0.299 e. The van der Waals surface area contributed by atoms with Gasteiger partial charge in [-0.15, -0.1) is 0 Å². The summed E-state index contributed by atoms with van der Waals surface area (Å²) in [5.74, 6) is 0.309. The van der Waals surface area contributed by atoms with Crippen molar-refractivity contribution in [1.29, 1.82) is 0 Å². The third-order valence-corrected chi connectivity index (χ3v) is 2.32. The molecular formula is C11H12OS. The van der Waals surface area contributed by atoms with E-state index in [1.54, 1.807) is 6.08 Å². The van der Waals surface area contributed by atoms with Gasteiger partial charge in [-0.1, -0.05) is 31.3 Å². The minimum absolute atomic E-state index is 0.309. The second-order valence-electron chi connectivity index (χ2n) is 3.11. The molecule has 1 nitrogen and oxygen atoms in total. The van der Waals surface area contributed by atoms with Gasteiger partial charge in [0.2, 0.25) is 0 Å². The van der Waals surface area contributed by atoms with E-state index in [9.17, 15) is 4.79 Å². The second kappa shape index (κ2) is 4.28. The normalized spacial score (nSPS) is 24.3. The molecule has 0 saturated carbocycles. The predicted molar refractivity (Wildman–Crippen MR) is 58.8 cm³/mol. The fourth-order valence-corrected chi connectivity index (χ4v) is 1.34. The molecule has 0 aliphatic heterocycles. The highest BCUT2D eigenvalue weighted by atomic mass is 32.1. The van der Waals surface area contributed by atoms with Gasteiger partial charge in [0.1, 0.15) is 6.29 Å². The molecule has 1 aliphatic rings. The van der Waals surface area contributed by atoms with Crippen molar-refractivity contribution in [1.82, 2.24) is 0 Å². The van der Waals surface area contributed by atoms with E-state index in [4.69, 9.17) is 12.2 Å². The highest BCUT2D eigenvalue weighted by Crippen LogP contribution is 2.22. The summed E-state index contributed by atoms with van der Waals surface area (Å²) in [6.07, 6.45) is 8.45. The minimum Gasteiger partial charge on any atom is -0.299 e. The fourth-order valence-electron chi connectivity index (χ4n) is 1.22. The average Bonchev–Trinajstić information content (AvgIpc) is 2.08. The van der Waals surface area contributed by atoms with E-state index in [1.807, 2.05) is 19.1 Å². The minimum atomic E-state index is 0.309. The van der Waals surface area contributed by atoms with Gasteiger partial charge in [0.25, 0.3) is 0 Å². The first-order valence-electron chi connectivity index (χ1n) is 4.21. The summed E-state index contributed by atoms with van der Waals surface area (Å²) in [4.78, 5) is 11.2. The number of aldehydes is 1. The number of allylic oxidation sites excluding steroid dienone is 6. The van der Waals surface area contributed by atoms with Crippen LogP contribution in [-0.2, 0) is 4.79 Å². The quantitative estimate of drug-likeness (QED) is 0.380. The molecule has 1 aliphatic carbocycles. The lowest BCUT2D eigenvalue weighted by atomic mass is 9.92. The van der Waals surface area contributed by atoms with Gasteiger partial charge in [0.15, 0.2) is 0 Å². The van der Waals surface area contributed by atoms with Gasteiger partial charge >= 0.3 is 0 Å². The summed E-state index contributed by atoms with van der Waals surface area (Å²) in [5.41, 5.74) is 2.05. The Morgan fingerprint density at radius 3 is 2.85 bits per heavy atom. The Balaban J connectivity index is 3.00. The lowest BCUT2D eigenvalue weighted by molar-refractivity contribution is -0.104. The SMILES string of the molecule is CC(=S)C1=C/C(=C\C=O)[C@H](C)C=C1. The summed E-state index contributed by atoms with van der Waals surface area (Å²) >= 11 is 5.06.